The predicted molar refractivity (Wildman–Crippen MR) is 140 cm³/mol. The molecule has 1 aliphatic carbocycles. The molecule has 196 valence electrons. The topological polar surface area (TPSA) is 93.7 Å². The van der Waals surface area contributed by atoms with Crippen molar-refractivity contribution >= 4 is 17.4 Å². The molecule has 2 heterocycles. The van der Waals surface area contributed by atoms with Gasteiger partial charge in [0, 0.05) is 43.0 Å². The lowest BCUT2D eigenvalue weighted by Gasteiger charge is -2.39. The van der Waals surface area contributed by atoms with Crippen molar-refractivity contribution in [3.63, 3.8) is 0 Å². The molecule has 3 atom stereocenters. The second-order valence-electron chi connectivity index (χ2n) is 10.1. The Labute approximate surface area is 216 Å². The number of aromatic nitrogens is 1. The molecule has 5 rings (SSSR count). The summed E-state index contributed by atoms with van der Waals surface area (Å²) in [5.74, 6) is 1.50. The molecule has 2 fully saturated rings. The van der Waals surface area contributed by atoms with E-state index in [0.717, 1.165) is 50.9 Å². The van der Waals surface area contributed by atoms with Crippen LogP contribution in [0.5, 0.6) is 5.75 Å². The van der Waals surface area contributed by atoms with Crippen LogP contribution in [0.1, 0.15) is 44.9 Å². The van der Waals surface area contributed by atoms with Crippen molar-refractivity contribution in [1.82, 2.24) is 4.98 Å². The van der Waals surface area contributed by atoms with E-state index in [1.165, 1.54) is 26.0 Å². The summed E-state index contributed by atoms with van der Waals surface area (Å²) in [5.41, 5.74) is 1.53. The molecule has 1 saturated heterocycles. The molecule has 1 aromatic heterocycles. The van der Waals surface area contributed by atoms with Crippen molar-refractivity contribution < 1.29 is 18.5 Å². The number of halogens is 1. The molecule has 37 heavy (non-hydrogen) atoms. The second-order valence-corrected chi connectivity index (χ2v) is 10.1. The van der Waals surface area contributed by atoms with Crippen molar-refractivity contribution in [2.75, 3.05) is 30.4 Å². The summed E-state index contributed by atoms with van der Waals surface area (Å²) in [6.07, 6.45) is 9.57. The summed E-state index contributed by atoms with van der Waals surface area (Å²) in [7, 11) is 1.51. The minimum atomic E-state index is -0.410. The number of hydrogen-bond acceptors (Lipinski definition) is 7. The molecule has 0 radical (unpaired) electrons. The Balaban J connectivity index is 1.22. The molecule has 2 aromatic carbocycles. The van der Waals surface area contributed by atoms with Gasteiger partial charge >= 0.3 is 0 Å². The smallest absolute Gasteiger partial charge is 0.295 e. The highest BCUT2D eigenvalue weighted by Crippen LogP contribution is 2.36. The van der Waals surface area contributed by atoms with E-state index in [4.69, 9.17) is 9.15 Å². The monoisotopic (exact) mass is 508 g/mol. The SMILES string of the molecule is COc1ccc(-c2cnc(N[C@@H]3CCCC[C@H]3C[C@H]3CCCN(c4ccc([N+](=O)[O-])cc4)C3)o2)c(F)c1. The Bertz CT molecular complexity index is 1220. The summed E-state index contributed by atoms with van der Waals surface area (Å²) in [6.45, 7) is 1.93. The number of nitro benzene ring substituents is 1. The molecule has 3 aromatic rings. The average Bonchev–Trinajstić information content (AvgIpc) is 3.38. The van der Waals surface area contributed by atoms with E-state index < -0.39 is 5.82 Å². The molecule has 1 N–H and O–H groups in total. The van der Waals surface area contributed by atoms with Crippen LogP contribution in [0.2, 0.25) is 0 Å². The van der Waals surface area contributed by atoms with Gasteiger partial charge in [0.2, 0.25) is 0 Å². The van der Waals surface area contributed by atoms with Crippen LogP contribution in [0.3, 0.4) is 0 Å². The molecule has 0 amide bonds. The molecule has 8 nitrogen and oxygen atoms in total. The van der Waals surface area contributed by atoms with Crippen molar-refractivity contribution in [2.45, 2.75) is 51.0 Å². The summed E-state index contributed by atoms with van der Waals surface area (Å²) in [5, 5.41) is 14.5. The first-order valence-electron chi connectivity index (χ1n) is 13.1. The zero-order valence-corrected chi connectivity index (χ0v) is 21.1. The third-order valence-corrected chi connectivity index (χ3v) is 7.75. The van der Waals surface area contributed by atoms with Gasteiger partial charge < -0.3 is 19.4 Å². The Morgan fingerprint density at radius 2 is 1.97 bits per heavy atom. The first-order chi connectivity index (χ1) is 18.0. The summed E-state index contributed by atoms with van der Waals surface area (Å²) in [6, 6.07) is 12.3. The van der Waals surface area contributed by atoms with E-state index in [2.05, 4.69) is 15.2 Å². The number of piperidine rings is 1. The first-order valence-corrected chi connectivity index (χ1v) is 13.1. The fourth-order valence-electron chi connectivity index (χ4n) is 5.83. The molecule has 9 heteroatoms. The van der Waals surface area contributed by atoms with Crippen molar-refractivity contribution in [3.05, 3.63) is 64.6 Å². The third kappa shape index (κ3) is 5.87. The van der Waals surface area contributed by atoms with E-state index in [1.807, 2.05) is 12.1 Å². The van der Waals surface area contributed by atoms with Crippen LogP contribution < -0.4 is 15.0 Å². The highest BCUT2D eigenvalue weighted by Gasteiger charge is 2.31. The number of benzene rings is 2. The number of hydrogen-bond donors (Lipinski definition) is 1. The van der Waals surface area contributed by atoms with Gasteiger partial charge in [-0.1, -0.05) is 12.8 Å². The number of methoxy groups -OCH3 is 1. The lowest BCUT2D eigenvalue weighted by Crippen LogP contribution is -2.39. The maximum atomic E-state index is 14.5. The van der Waals surface area contributed by atoms with Crippen molar-refractivity contribution in [2.24, 2.45) is 11.8 Å². The standard InChI is InChI=1S/C28H33FN4O4/c1-36-23-12-13-24(25(29)16-23)27-17-30-28(37-27)31-26-7-3-2-6-20(26)15-19-5-4-14-32(18-19)21-8-10-22(11-9-21)33(34)35/h8-13,16-17,19-20,26H,2-7,14-15,18H2,1H3,(H,30,31)/t19-,20+,26-/m1/s1. The van der Waals surface area contributed by atoms with Crippen LogP contribution >= 0.6 is 0 Å². The van der Waals surface area contributed by atoms with Crippen LogP contribution in [0.4, 0.5) is 21.8 Å². The summed E-state index contributed by atoms with van der Waals surface area (Å²) >= 11 is 0. The Morgan fingerprint density at radius 1 is 1.16 bits per heavy atom. The minimum absolute atomic E-state index is 0.123. The number of rotatable bonds is 8. The van der Waals surface area contributed by atoms with Gasteiger partial charge in [-0.3, -0.25) is 10.1 Å². The van der Waals surface area contributed by atoms with E-state index in [1.54, 1.807) is 30.5 Å². The zero-order valence-electron chi connectivity index (χ0n) is 21.1. The summed E-state index contributed by atoms with van der Waals surface area (Å²) < 4.78 is 25.5. The molecule has 2 aliphatic rings. The number of nitrogens with zero attached hydrogens (tertiary/aromatic N) is 3. The maximum absolute atomic E-state index is 14.5. The molecular formula is C28H33FN4O4. The Kier molecular flexibility index (Phi) is 7.58. The fraction of sp³-hybridized carbons (Fsp3) is 0.464. The summed E-state index contributed by atoms with van der Waals surface area (Å²) in [4.78, 5) is 17.4. The van der Waals surface area contributed by atoms with Crippen LogP contribution in [-0.4, -0.2) is 36.1 Å². The third-order valence-electron chi connectivity index (χ3n) is 7.75. The highest BCUT2D eigenvalue weighted by atomic mass is 19.1. The van der Waals surface area contributed by atoms with Gasteiger partial charge in [-0.15, -0.1) is 0 Å². The van der Waals surface area contributed by atoms with Gasteiger partial charge in [0.05, 0.1) is 23.8 Å². The minimum Gasteiger partial charge on any atom is -0.497 e. The number of ether oxygens (including phenoxy) is 1. The van der Waals surface area contributed by atoms with Gasteiger partial charge in [-0.25, -0.2) is 9.37 Å². The van der Waals surface area contributed by atoms with Gasteiger partial charge in [0.15, 0.2) is 5.76 Å². The van der Waals surface area contributed by atoms with E-state index in [9.17, 15) is 14.5 Å². The van der Waals surface area contributed by atoms with Gasteiger partial charge in [-0.05, 0) is 68.2 Å². The second kappa shape index (κ2) is 11.2. The molecular weight excluding hydrogens is 475 g/mol. The Hall–Kier alpha value is -3.62. The van der Waals surface area contributed by atoms with E-state index >= 15 is 0 Å². The predicted octanol–water partition coefficient (Wildman–Crippen LogP) is 6.67. The van der Waals surface area contributed by atoms with Crippen LogP contribution in [0, 0.1) is 27.8 Å². The molecule has 1 aliphatic heterocycles. The van der Waals surface area contributed by atoms with E-state index in [-0.39, 0.29) is 16.7 Å². The quantitative estimate of drug-likeness (QED) is 0.268. The normalized spacial score (nSPS) is 22.0. The lowest BCUT2D eigenvalue weighted by molar-refractivity contribution is -0.384. The molecule has 0 spiro atoms. The van der Waals surface area contributed by atoms with Crippen LogP contribution in [-0.2, 0) is 0 Å². The number of nitrogens with one attached hydrogen (secondary N) is 1. The molecule has 0 bridgehead atoms. The number of oxazole rings is 1. The van der Waals surface area contributed by atoms with Gasteiger partial charge in [-0.2, -0.15) is 0 Å². The Morgan fingerprint density at radius 3 is 2.73 bits per heavy atom. The highest BCUT2D eigenvalue weighted by molar-refractivity contribution is 5.59. The van der Waals surface area contributed by atoms with E-state index in [0.29, 0.717) is 34.9 Å². The fourth-order valence-corrected chi connectivity index (χ4v) is 5.83. The van der Waals surface area contributed by atoms with Gasteiger partial charge in [0.1, 0.15) is 11.6 Å². The van der Waals surface area contributed by atoms with Gasteiger partial charge in [0.25, 0.3) is 11.7 Å². The van der Waals surface area contributed by atoms with Crippen LogP contribution in [0.15, 0.2) is 53.1 Å². The number of nitro groups is 1. The first kappa shape index (κ1) is 25.0. The number of anilines is 2. The number of non-ortho nitro benzene ring substituents is 1. The van der Waals surface area contributed by atoms with Crippen molar-refractivity contribution in [3.8, 4) is 17.1 Å². The zero-order chi connectivity index (χ0) is 25.8. The maximum Gasteiger partial charge on any atom is 0.295 e. The van der Waals surface area contributed by atoms with Crippen LogP contribution in [0.25, 0.3) is 11.3 Å². The molecule has 1 saturated carbocycles. The lowest BCUT2D eigenvalue weighted by atomic mass is 9.77. The average molecular weight is 509 g/mol. The van der Waals surface area contributed by atoms with Crippen molar-refractivity contribution in [1.29, 1.82) is 0 Å². The largest absolute Gasteiger partial charge is 0.497 e. The molecule has 0 unspecified atom stereocenters.